The van der Waals surface area contributed by atoms with E-state index in [2.05, 4.69) is 26.9 Å². The van der Waals surface area contributed by atoms with Crippen molar-refractivity contribution in [1.82, 2.24) is 24.5 Å². The van der Waals surface area contributed by atoms with E-state index in [1.807, 2.05) is 29.6 Å². The van der Waals surface area contributed by atoms with Gasteiger partial charge in [0.05, 0.1) is 5.52 Å². The van der Waals surface area contributed by atoms with Gasteiger partial charge in [0.2, 0.25) is 5.82 Å². The molecule has 134 valence electrons. The number of anilines is 1. The highest BCUT2D eigenvalue weighted by atomic mass is 35.5. The Bertz CT molecular complexity index is 1090. The second-order valence-electron chi connectivity index (χ2n) is 5.84. The van der Waals surface area contributed by atoms with E-state index in [0.717, 1.165) is 23.3 Å². The van der Waals surface area contributed by atoms with Crippen LogP contribution < -0.4 is 4.90 Å². The molecule has 0 aliphatic rings. The van der Waals surface area contributed by atoms with Crippen LogP contribution in [-0.4, -0.2) is 45.2 Å². The molecule has 4 rings (SSSR count). The number of nitrogens with zero attached hydrogens (tertiary/aromatic N) is 6. The fraction of sp³-hybridized carbons (Fsp3) is 0.294. The third-order valence-corrected chi connectivity index (χ3v) is 4.43. The van der Waals surface area contributed by atoms with E-state index in [-0.39, 0.29) is 6.61 Å². The van der Waals surface area contributed by atoms with Gasteiger partial charge < -0.3 is 14.2 Å². The maximum absolute atomic E-state index is 6.21. The van der Waals surface area contributed by atoms with E-state index in [4.69, 9.17) is 25.8 Å². The van der Waals surface area contributed by atoms with Crippen molar-refractivity contribution in [2.24, 2.45) is 0 Å². The van der Waals surface area contributed by atoms with Gasteiger partial charge in [-0.3, -0.25) is 4.40 Å². The van der Waals surface area contributed by atoms with Crippen molar-refractivity contribution in [2.45, 2.75) is 13.5 Å². The van der Waals surface area contributed by atoms with Gasteiger partial charge in [0.15, 0.2) is 11.3 Å². The summed E-state index contributed by atoms with van der Waals surface area (Å²) in [7, 11) is 3.56. The zero-order valence-corrected chi connectivity index (χ0v) is 15.4. The van der Waals surface area contributed by atoms with Gasteiger partial charge in [-0.15, -0.1) is 0 Å². The highest BCUT2D eigenvalue weighted by Crippen LogP contribution is 2.31. The average molecular weight is 373 g/mol. The number of ether oxygens (including phenoxy) is 1. The average Bonchev–Trinajstić information content (AvgIpc) is 3.27. The Balaban J connectivity index is 1.98. The SMILES string of the molecule is CCN(C)c1nc2c(-c3noc(COC)n3)ncn2c2ccc(Cl)cc12. The second kappa shape index (κ2) is 6.54. The van der Waals surface area contributed by atoms with Gasteiger partial charge >= 0.3 is 0 Å². The molecular weight excluding hydrogens is 356 g/mol. The molecular formula is C17H17ClN6O2. The molecule has 0 aliphatic carbocycles. The molecule has 0 unspecified atom stereocenters. The van der Waals surface area contributed by atoms with Gasteiger partial charge in [-0.25, -0.2) is 9.97 Å². The van der Waals surface area contributed by atoms with E-state index in [1.165, 1.54) is 0 Å². The highest BCUT2D eigenvalue weighted by Gasteiger charge is 2.19. The minimum atomic E-state index is 0.247. The first-order valence-corrected chi connectivity index (χ1v) is 8.49. The van der Waals surface area contributed by atoms with Gasteiger partial charge in [-0.1, -0.05) is 16.8 Å². The van der Waals surface area contributed by atoms with Crippen molar-refractivity contribution < 1.29 is 9.26 Å². The number of rotatable bonds is 5. The maximum atomic E-state index is 6.21. The van der Waals surface area contributed by atoms with E-state index in [1.54, 1.807) is 13.4 Å². The molecule has 0 aliphatic heterocycles. The quantitative estimate of drug-likeness (QED) is 0.532. The first kappa shape index (κ1) is 16.7. The summed E-state index contributed by atoms with van der Waals surface area (Å²) in [5.74, 6) is 1.59. The molecule has 0 bridgehead atoms. The molecule has 0 amide bonds. The normalized spacial score (nSPS) is 11.5. The number of methoxy groups -OCH3 is 1. The molecule has 0 saturated heterocycles. The lowest BCUT2D eigenvalue weighted by molar-refractivity contribution is 0.151. The fourth-order valence-corrected chi connectivity index (χ4v) is 2.99. The monoisotopic (exact) mass is 372 g/mol. The van der Waals surface area contributed by atoms with Crippen molar-refractivity contribution in [3.8, 4) is 11.5 Å². The van der Waals surface area contributed by atoms with Crippen LogP contribution in [0.5, 0.6) is 0 Å². The number of fused-ring (bicyclic) bond motifs is 3. The molecule has 0 fully saturated rings. The first-order valence-electron chi connectivity index (χ1n) is 8.11. The van der Waals surface area contributed by atoms with E-state index >= 15 is 0 Å². The summed E-state index contributed by atoms with van der Waals surface area (Å²) in [4.78, 5) is 15.7. The molecule has 0 atom stereocenters. The standard InChI is InChI=1S/C17H17ClN6O2/c1-4-23(2)16-11-7-10(18)5-6-12(11)24-9-19-14(17(24)21-16)15-20-13(8-25-3)26-22-15/h5-7,9H,4,8H2,1-3H3. The third kappa shape index (κ3) is 2.67. The van der Waals surface area contributed by atoms with Crippen LogP contribution in [0.3, 0.4) is 0 Å². The van der Waals surface area contributed by atoms with Crippen LogP contribution in [0.25, 0.3) is 28.1 Å². The van der Waals surface area contributed by atoms with Crippen molar-refractivity contribution in [3.05, 3.63) is 35.4 Å². The van der Waals surface area contributed by atoms with Gasteiger partial charge in [-0.2, -0.15) is 4.98 Å². The van der Waals surface area contributed by atoms with Crippen LogP contribution in [0.2, 0.25) is 5.02 Å². The number of halogens is 1. The number of benzene rings is 1. The number of aromatic nitrogens is 5. The van der Waals surface area contributed by atoms with Gasteiger partial charge in [-0.05, 0) is 25.1 Å². The lowest BCUT2D eigenvalue weighted by atomic mass is 10.2. The van der Waals surface area contributed by atoms with Gasteiger partial charge in [0, 0.05) is 31.1 Å². The second-order valence-corrected chi connectivity index (χ2v) is 6.28. The van der Waals surface area contributed by atoms with Crippen LogP contribution >= 0.6 is 11.6 Å². The van der Waals surface area contributed by atoms with Crippen molar-refractivity contribution in [1.29, 1.82) is 0 Å². The zero-order valence-electron chi connectivity index (χ0n) is 14.6. The van der Waals surface area contributed by atoms with Crippen LogP contribution in [-0.2, 0) is 11.3 Å². The highest BCUT2D eigenvalue weighted by molar-refractivity contribution is 6.31. The van der Waals surface area contributed by atoms with Crippen LogP contribution in [0.15, 0.2) is 29.0 Å². The fourth-order valence-electron chi connectivity index (χ4n) is 2.81. The smallest absolute Gasteiger partial charge is 0.252 e. The maximum Gasteiger partial charge on any atom is 0.252 e. The molecule has 0 saturated carbocycles. The molecule has 8 nitrogen and oxygen atoms in total. The Kier molecular flexibility index (Phi) is 4.21. The molecule has 9 heteroatoms. The number of hydrogen-bond acceptors (Lipinski definition) is 7. The van der Waals surface area contributed by atoms with E-state index in [9.17, 15) is 0 Å². The predicted molar refractivity (Wildman–Crippen MR) is 98.5 cm³/mol. The molecule has 0 N–H and O–H groups in total. The number of hydrogen-bond donors (Lipinski definition) is 0. The zero-order chi connectivity index (χ0) is 18.3. The topological polar surface area (TPSA) is 81.6 Å². The Morgan fingerprint density at radius 2 is 2.15 bits per heavy atom. The molecule has 3 aromatic heterocycles. The summed E-state index contributed by atoms with van der Waals surface area (Å²) in [5, 5.41) is 5.61. The number of imidazole rings is 1. The lowest BCUT2D eigenvalue weighted by Gasteiger charge is -2.18. The summed E-state index contributed by atoms with van der Waals surface area (Å²) >= 11 is 6.21. The van der Waals surface area contributed by atoms with Crippen molar-refractivity contribution >= 4 is 34.0 Å². The van der Waals surface area contributed by atoms with Gasteiger partial charge in [0.1, 0.15) is 18.8 Å². The minimum absolute atomic E-state index is 0.247. The first-order chi connectivity index (χ1) is 12.6. The lowest BCUT2D eigenvalue weighted by Crippen LogP contribution is -2.18. The summed E-state index contributed by atoms with van der Waals surface area (Å²) in [6.07, 6.45) is 1.70. The van der Waals surface area contributed by atoms with Crippen molar-refractivity contribution in [2.75, 3.05) is 25.6 Å². The van der Waals surface area contributed by atoms with Crippen LogP contribution in [0, 0.1) is 0 Å². The molecule has 3 heterocycles. The predicted octanol–water partition coefficient (Wildman–Crippen LogP) is 3.19. The molecule has 0 spiro atoms. The largest absolute Gasteiger partial charge is 0.375 e. The Morgan fingerprint density at radius 3 is 2.92 bits per heavy atom. The Morgan fingerprint density at radius 1 is 1.31 bits per heavy atom. The molecule has 4 aromatic rings. The minimum Gasteiger partial charge on any atom is -0.375 e. The summed E-state index contributed by atoms with van der Waals surface area (Å²) in [5.41, 5.74) is 2.16. The van der Waals surface area contributed by atoms with Crippen molar-refractivity contribution in [3.63, 3.8) is 0 Å². The molecule has 1 aromatic carbocycles. The van der Waals surface area contributed by atoms with Crippen LogP contribution in [0.4, 0.5) is 5.82 Å². The van der Waals surface area contributed by atoms with E-state index < -0.39 is 0 Å². The summed E-state index contributed by atoms with van der Waals surface area (Å²) in [6.45, 7) is 3.11. The Labute approximate surface area is 154 Å². The molecule has 0 radical (unpaired) electrons. The summed E-state index contributed by atoms with van der Waals surface area (Å²) in [6, 6.07) is 5.72. The van der Waals surface area contributed by atoms with Gasteiger partial charge in [0.25, 0.3) is 5.89 Å². The van der Waals surface area contributed by atoms with Crippen LogP contribution in [0.1, 0.15) is 12.8 Å². The molecule has 26 heavy (non-hydrogen) atoms. The third-order valence-electron chi connectivity index (χ3n) is 4.20. The Hall–Kier alpha value is -2.71. The van der Waals surface area contributed by atoms with E-state index in [0.29, 0.717) is 28.1 Å². The summed E-state index contributed by atoms with van der Waals surface area (Å²) < 4.78 is 12.1.